The molecule has 0 saturated heterocycles. The standard InChI is InChI=1S/C6H6N2O4S/c7-13(10,11)6-3-1-2-5(8-6)12-4-9/h1-4H,(H2,7,10,11). The van der Waals surface area contributed by atoms with Crippen LogP contribution in [0.5, 0.6) is 5.88 Å². The van der Waals surface area contributed by atoms with Crippen LogP contribution in [0, 0.1) is 0 Å². The fourth-order valence-corrected chi connectivity index (χ4v) is 1.15. The third-order valence-electron chi connectivity index (χ3n) is 1.16. The van der Waals surface area contributed by atoms with Crippen LogP contribution >= 0.6 is 0 Å². The lowest BCUT2D eigenvalue weighted by molar-refractivity contribution is -0.120. The van der Waals surface area contributed by atoms with E-state index < -0.39 is 10.0 Å². The SMILES string of the molecule is NS(=O)(=O)c1cccc(OC=O)n1. The Morgan fingerprint density at radius 2 is 2.15 bits per heavy atom. The molecule has 7 heteroatoms. The highest BCUT2D eigenvalue weighted by Gasteiger charge is 2.09. The van der Waals surface area contributed by atoms with E-state index in [4.69, 9.17) is 5.14 Å². The topological polar surface area (TPSA) is 99.4 Å². The van der Waals surface area contributed by atoms with Crippen LogP contribution in [0.4, 0.5) is 0 Å². The Labute approximate surface area is 74.4 Å². The van der Waals surface area contributed by atoms with Crippen LogP contribution in [0.1, 0.15) is 0 Å². The molecule has 0 radical (unpaired) electrons. The second-order valence-electron chi connectivity index (χ2n) is 2.07. The summed E-state index contributed by atoms with van der Waals surface area (Å²) < 4.78 is 25.9. The number of aromatic nitrogens is 1. The van der Waals surface area contributed by atoms with Gasteiger partial charge in [-0.3, -0.25) is 4.79 Å². The fourth-order valence-electron chi connectivity index (χ4n) is 0.669. The van der Waals surface area contributed by atoms with Crippen molar-refractivity contribution in [3.05, 3.63) is 18.2 Å². The van der Waals surface area contributed by atoms with Gasteiger partial charge in [-0.25, -0.2) is 13.6 Å². The van der Waals surface area contributed by atoms with Gasteiger partial charge in [0.2, 0.25) is 5.88 Å². The quantitative estimate of drug-likeness (QED) is 0.651. The van der Waals surface area contributed by atoms with Crippen molar-refractivity contribution in [2.24, 2.45) is 5.14 Å². The summed E-state index contributed by atoms with van der Waals surface area (Å²) in [5, 5.41) is 4.45. The highest BCUT2D eigenvalue weighted by atomic mass is 32.2. The maximum atomic E-state index is 10.8. The molecule has 0 fully saturated rings. The molecule has 70 valence electrons. The Bertz CT molecular complexity index is 414. The first kappa shape index (κ1) is 9.62. The van der Waals surface area contributed by atoms with Crippen LogP contribution in [-0.2, 0) is 14.8 Å². The summed E-state index contributed by atoms with van der Waals surface area (Å²) in [6.45, 7) is 0.148. The van der Waals surface area contributed by atoms with Crippen LogP contribution in [0.25, 0.3) is 0 Å². The predicted molar refractivity (Wildman–Crippen MR) is 42.3 cm³/mol. The van der Waals surface area contributed by atoms with Gasteiger partial charge in [0.25, 0.3) is 16.5 Å². The molecule has 1 rings (SSSR count). The van der Waals surface area contributed by atoms with E-state index in [1.165, 1.54) is 18.2 Å². The van der Waals surface area contributed by atoms with Gasteiger partial charge in [0.15, 0.2) is 5.03 Å². The highest BCUT2D eigenvalue weighted by molar-refractivity contribution is 7.89. The van der Waals surface area contributed by atoms with Crippen molar-refractivity contribution in [1.82, 2.24) is 4.98 Å². The van der Waals surface area contributed by atoms with Crippen LogP contribution < -0.4 is 9.88 Å². The molecule has 0 aliphatic heterocycles. The van der Waals surface area contributed by atoms with E-state index in [0.29, 0.717) is 0 Å². The normalized spacial score (nSPS) is 10.8. The summed E-state index contributed by atoms with van der Waals surface area (Å²) >= 11 is 0. The number of nitrogens with zero attached hydrogens (tertiary/aromatic N) is 1. The van der Waals surface area contributed by atoms with Crippen LogP contribution in [0.15, 0.2) is 23.2 Å². The maximum Gasteiger partial charge on any atom is 0.299 e. The minimum Gasteiger partial charge on any atom is -0.410 e. The number of pyridine rings is 1. The summed E-state index contributed by atoms with van der Waals surface area (Å²) in [6, 6.07) is 3.90. The first-order valence-electron chi connectivity index (χ1n) is 3.14. The van der Waals surface area contributed by atoms with E-state index in [-0.39, 0.29) is 17.4 Å². The first-order chi connectivity index (χ1) is 6.04. The van der Waals surface area contributed by atoms with Crippen molar-refractivity contribution >= 4 is 16.5 Å². The zero-order chi connectivity index (χ0) is 9.90. The number of nitrogens with two attached hydrogens (primary N) is 1. The molecule has 0 spiro atoms. The van der Waals surface area contributed by atoms with Gasteiger partial charge in [-0.2, -0.15) is 4.98 Å². The number of carbonyl (C=O) groups excluding carboxylic acids is 1. The number of primary sulfonamides is 1. The molecule has 2 N–H and O–H groups in total. The van der Waals surface area contributed by atoms with Gasteiger partial charge in [-0.15, -0.1) is 0 Å². The molecule has 6 nitrogen and oxygen atoms in total. The average molecular weight is 202 g/mol. The Kier molecular flexibility index (Phi) is 2.59. The van der Waals surface area contributed by atoms with E-state index in [2.05, 4.69) is 9.72 Å². The van der Waals surface area contributed by atoms with E-state index in [9.17, 15) is 13.2 Å². The summed E-state index contributed by atoms with van der Waals surface area (Å²) in [5.41, 5.74) is 0. The summed E-state index contributed by atoms with van der Waals surface area (Å²) in [7, 11) is -3.85. The van der Waals surface area contributed by atoms with E-state index in [0.717, 1.165) is 0 Å². The molecule has 0 bridgehead atoms. The summed E-state index contributed by atoms with van der Waals surface area (Å²) in [5.74, 6) is -0.110. The summed E-state index contributed by atoms with van der Waals surface area (Å²) in [4.78, 5) is 13.4. The molecule has 0 atom stereocenters. The van der Waals surface area contributed by atoms with Crippen molar-refractivity contribution in [2.75, 3.05) is 0 Å². The molecule has 13 heavy (non-hydrogen) atoms. The Hall–Kier alpha value is -1.47. The number of hydrogen-bond acceptors (Lipinski definition) is 5. The highest BCUT2D eigenvalue weighted by Crippen LogP contribution is 2.09. The molecule has 1 aromatic rings. The van der Waals surface area contributed by atoms with Gasteiger partial charge >= 0.3 is 0 Å². The lowest BCUT2D eigenvalue weighted by Gasteiger charge is -1.98. The van der Waals surface area contributed by atoms with Gasteiger partial charge < -0.3 is 4.74 Å². The van der Waals surface area contributed by atoms with E-state index >= 15 is 0 Å². The molecular formula is C6H6N2O4S. The Balaban J connectivity index is 3.13. The fraction of sp³-hybridized carbons (Fsp3) is 0. The minimum atomic E-state index is -3.85. The van der Waals surface area contributed by atoms with E-state index in [1.807, 2.05) is 0 Å². The Morgan fingerprint density at radius 3 is 2.69 bits per heavy atom. The van der Waals surface area contributed by atoms with Crippen molar-refractivity contribution in [3.8, 4) is 5.88 Å². The zero-order valence-electron chi connectivity index (χ0n) is 6.38. The van der Waals surface area contributed by atoms with Gasteiger partial charge in [-0.1, -0.05) is 6.07 Å². The number of hydrogen-bond donors (Lipinski definition) is 1. The third-order valence-corrected chi connectivity index (χ3v) is 1.97. The maximum absolute atomic E-state index is 10.8. The minimum absolute atomic E-state index is 0.110. The van der Waals surface area contributed by atoms with Gasteiger partial charge in [0, 0.05) is 6.07 Å². The molecule has 1 aromatic heterocycles. The average Bonchev–Trinajstić information content (AvgIpc) is 2.04. The lowest BCUT2D eigenvalue weighted by Crippen LogP contribution is -2.14. The largest absolute Gasteiger partial charge is 0.410 e. The van der Waals surface area contributed by atoms with Crippen LogP contribution in [0.2, 0.25) is 0 Å². The molecule has 0 aliphatic carbocycles. The predicted octanol–water partition coefficient (Wildman–Crippen LogP) is -0.736. The molecular weight excluding hydrogens is 196 g/mol. The number of rotatable bonds is 3. The number of ether oxygens (including phenoxy) is 1. The first-order valence-corrected chi connectivity index (χ1v) is 4.69. The third kappa shape index (κ3) is 2.49. The smallest absolute Gasteiger partial charge is 0.299 e. The zero-order valence-corrected chi connectivity index (χ0v) is 7.19. The number of sulfonamides is 1. The molecule has 0 aliphatic rings. The monoisotopic (exact) mass is 202 g/mol. The van der Waals surface area contributed by atoms with Gasteiger partial charge in [0.1, 0.15) is 0 Å². The molecule has 0 amide bonds. The van der Waals surface area contributed by atoms with Crippen molar-refractivity contribution in [2.45, 2.75) is 5.03 Å². The van der Waals surface area contributed by atoms with E-state index in [1.54, 1.807) is 0 Å². The van der Waals surface area contributed by atoms with Crippen molar-refractivity contribution in [3.63, 3.8) is 0 Å². The van der Waals surface area contributed by atoms with Gasteiger partial charge in [0.05, 0.1) is 0 Å². The lowest BCUT2D eigenvalue weighted by atomic mass is 10.5. The number of carbonyl (C=O) groups is 1. The van der Waals surface area contributed by atoms with Gasteiger partial charge in [-0.05, 0) is 6.07 Å². The van der Waals surface area contributed by atoms with Crippen LogP contribution in [0.3, 0.4) is 0 Å². The second-order valence-corrected chi connectivity index (χ2v) is 3.58. The molecule has 1 heterocycles. The molecule has 0 saturated carbocycles. The molecule has 0 aromatic carbocycles. The second kappa shape index (κ2) is 3.50. The van der Waals surface area contributed by atoms with Crippen LogP contribution in [-0.4, -0.2) is 19.9 Å². The van der Waals surface area contributed by atoms with Crippen molar-refractivity contribution in [1.29, 1.82) is 0 Å². The van der Waals surface area contributed by atoms with Crippen molar-refractivity contribution < 1.29 is 17.9 Å². The molecule has 0 unspecified atom stereocenters. The summed E-state index contributed by atoms with van der Waals surface area (Å²) in [6.07, 6.45) is 0. The Morgan fingerprint density at radius 1 is 1.46 bits per heavy atom.